The maximum Gasteiger partial charge on any atom is 0.195 e. The summed E-state index contributed by atoms with van der Waals surface area (Å²) in [6.45, 7) is 3.41. The normalized spacial score (nSPS) is 11.6. The number of aromatic amines is 1. The molecule has 0 amide bonds. The van der Waals surface area contributed by atoms with Gasteiger partial charge >= 0.3 is 0 Å². The van der Waals surface area contributed by atoms with Gasteiger partial charge in [-0.15, -0.1) is 0 Å². The topological polar surface area (TPSA) is 120 Å². The van der Waals surface area contributed by atoms with Gasteiger partial charge in [-0.25, -0.2) is 18.4 Å². The Hall–Kier alpha value is -4.31. The van der Waals surface area contributed by atoms with Crippen LogP contribution in [0.25, 0.3) is 22.6 Å². The van der Waals surface area contributed by atoms with Gasteiger partial charge in [-0.2, -0.15) is 0 Å². The number of aromatic nitrogens is 5. The Morgan fingerprint density at radius 3 is 2.56 bits per heavy atom. The molecule has 0 saturated heterocycles. The Labute approximate surface area is 207 Å². The number of imidazole rings is 2. The standard InChI is InChI=1S/C26H23N5O4S/c1-3-36(33,34)20-9-7-19(8-10-20)35-24-15-23-22(29-25(30-23)21-6-4-5-11-27-21)14-18(24)16-31-13-12-28-26(31)17(2)32/h4-15H,3,16H2,1-2H3,(H,29,30). The highest BCUT2D eigenvalue weighted by atomic mass is 32.2. The molecule has 0 atom stereocenters. The minimum atomic E-state index is -3.31. The second-order valence-electron chi connectivity index (χ2n) is 8.19. The maximum atomic E-state index is 12.2. The number of nitrogens with one attached hydrogen (secondary N) is 1. The van der Waals surface area contributed by atoms with Gasteiger partial charge in [0.15, 0.2) is 27.3 Å². The summed E-state index contributed by atoms with van der Waals surface area (Å²) in [5, 5.41) is 0. The van der Waals surface area contributed by atoms with Crippen LogP contribution in [-0.4, -0.2) is 44.5 Å². The van der Waals surface area contributed by atoms with E-state index in [0.29, 0.717) is 40.9 Å². The van der Waals surface area contributed by atoms with E-state index < -0.39 is 9.84 Å². The summed E-state index contributed by atoms with van der Waals surface area (Å²) in [6.07, 6.45) is 5.02. The zero-order valence-corrected chi connectivity index (χ0v) is 20.5. The number of Topliss-reactive ketones (excluding diaryl/α,β-unsaturated/α-hetero) is 1. The number of H-pyrrole nitrogens is 1. The minimum Gasteiger partial charge on any atom is -0.457 e. The maximum absolute atomic E-state index is 12.2. The first-order valence-corrected chi connectivity index (χ1v) is 13.0. The lowest BCUT2D eigenvalue weighted by Crippen LogP contribution is -2.09. The molecule has 0 aliphatic carbocycles. The molecule has 9 nitrogen and oxygen atoms in total. The van der Waals surface area contributed by atoms with Crippen molar-refractivity contribution in [3.05, 3.63) is 84.6 Å². The van der Waals surface area contributed by atoms with Crippen LogP contribution in [0.5, 0.6) is 11.5 Å². The molecule has 2 aromatic carbocycles. The molecule has 0 spiro atoms. The van der Waals surface area contributed by atoms with Crippen molar-refractivity contribution in [3.63, 3.8) is 0 Å². The molecule has 0 unspecified atom stereocenters. The van der Waals surface area contributed by atoms with Crippen LogP contribution in [0.4, 0.5) is 0 Å². The van der Waals surface area contributed by atoms with Crippen LogP contribution in [0.3, 0.4) is 0 Å². The van der Waals surface area contributed by atoms with E-state index in [9.17, 15) is 13.2 Å². The van der Waals surface area contributed by atoms with Crippen LogP contribution in [0.15, 0.2) is 78.1 Å². The second kappa shape index (κ2) is 9.38. The minimum absolute atomic E-state index is 0.0230. The Kier molecular flexibility index (Phi) is 6.11. The molecule has 1 N–H and O–H groups in total. The lowest BCUT2D eigenvalue weighted by molar-refractivity contribution is 0.1000. The molecule has 0 bridgehead atoms. The van der Waals surface area contributed by atoms with Crippen molar-refractivity contribution < 1.29 is 17.9 Å². The Bertz CT molecular complexity index is 1660. The van der Waals surface area contributed by atoms with E-state index in [1.807, 2.05) is 30.3 Å². The molecule has 3 heterocycles. The Balaban J connectivity index is 1.56. The third-order valence-corrected chi connectivity index (χ3v) is 7.48. The number of sulfone groups is 1. The van der Waals surface area contributed by atoms with Crippen molar-refractivity contribution in [2.45, 2.75) is 25.3 Å². The average molecular weight is 502 g/mol. The number of rotatable bonds is 8. The number of ether oxygens (including phenoxy) is 1. The second-order valence-corrected chi connectivity index (χ2v) is 10.5. The van der Waals surface area contributed by atoms with Gasteiger partial charge in [0.1, 0.15) is 17.2 Å². The van der Waals surface area contributed by atoms with Gasteiger partial charge in [0.2, 0.25) is 0 Å². The quantitative estimate of drug-likeness (QED) is 0.307. The number of carbonyl (C=O) groups is 1. The predicted molar refractivity (Wildman–Crippen MR) is 135 cm³/mol. The molecule has 0 aliphatic heterocycles. The van der Waals surface area contributed by atoms with Crippen molar-refractivity contribution >= 4 is 26.7 Å². The van der Waals surface area contributed by atoms with Crippen LogP contribution in [0.2, 0.25) is 0 Å². The van der Waals surface area contributed by atoms with Crippen LogP contribution in [0, 0.1) is 0 Å². The monoisotopic (exact) mass is 501 g/mol. The number of pyridine rings is 1. The third-order valence-electron chi connectivity index (χ3n) is 5.73. The van der Waals surface area contributed by atoms with Gasteiger partial charge in [-0.05, 0) is 42.5 Å². The summed E-state index contributed by atoms with van der Waals surface area (Å²) in [6, 6.07) is 15.6. The molecule has 36 heavy (non-hydrogen) atoms. The Morgan fingerprint density at radius 2 is 1.86 bits per heavy atom. The summed E-state index contributed by atoms with van der Waals surface area (Å²) >= 11 is 0. The van der Waals surface area contributed by atoms with E-state index in [0.717, 1.165) is 11.1 Å². The average Bonchev–Trinajstić information content (AvgIpc) is 3.52. The first-order valence-electron chi connectivity index (χ1n) is 11.3. The van der Waals surface area contributed by atoms with Gasteiger partial charge in [-0.3, -0.25) is 9.78 Å². The van der Waals surface area contributed by atoms with Gasteiger partial charge < -0.3 is 14.3 Å². The van der Waals surface area contributed by atoms with Crippen molar-refractivity contribution in [2.75, 3.05) is 5.75 Å². The summed E-state index contributed by atoms with van der Waals surface area (Å²) in [4.78, 5) is 28.8. The van der Waals surface area contributed by atoms with E-state index in [1.54, 1.807) is 42.2 Å². The summed E-state index contributed by atoms with van der Waals surface area (Å²) in [5.41, 5.74) is 2.95. The lowest BCUT2D eigenvalue weighted by Gasteiger charge is -2.13. The highest BCUT2D eigenvalue weighted by Gasteiger charge is 2.16. The molecule has 3 aromatic heterocycles. The fourth-order valence-electron chi connectivity index (χ4n) is 3.87. The molecule has 0 saturated carbocycles. The van der Waals surface area contributed by atoms with Gasteiger partial charge in [0.05, 0.1) is 28.2 Å². The number of carbonyl (C=O) groups excluding carboxylic acids is 1. The van der Waals surface area contributed by atoms with Crippen LogP contribution in [-0.2, 0) is 16.4 Å². The fraction of sp³-hybridized carbons (Fsp3) is 0.154. The largest absolute Gasteiger partial charge is 0.457 e. The number of nitrogens with zero attached hydrogens (tertiary/aromatic N) is 4. The molecular formula is C26H23N5O4S. The number of hydrogen-bond acceptors (Lipinski definition) is 7. The summed E-state index contributed by atoms with van der Waals surface area (Å²) < 4.78 is 32.3. The number of hydrogen-bond donors (Lipinski definition) is 1. The van der Waals surface area contributed by atoms with Gasteiger partial charge in [-0.1, -0.05) is 13.0 Å². The summed E-state index contributed by atoms with van der Waals surface area (Å²) in [7, 11) is -3.31. The zero-order chi connectivity index (χ0) is 25.3. The lowest BCUT2D eigenvalue weighted by atomic mass is 10.1. The number of ketones is 1. The number of benzene rings is 2. The molecule has 0 fully saturated rings. The highest BCUT2D eigenvalue weighted by molar-refractivity contribution is 7.91. The van der Waals surface area contributed by atoms with E-state index >= 15 is 0 Å². The molecule has 0 aliphatic rings. The van der Waals surface area contributed by atoms with E-state index in [-0.39, 0.29) is 16.4 Å². The first-order chi connectivity index (χ1) is 17.3. The van der Waals surface area contributed by atoms with Gasteiger partial charge in [0, 0.05) is 37.1 Å². The third kappa shape index (κ3) is 4.63. The fourth-order valence-corrected chi connectivity index (χ4v) is 4.75. The molecule has 0 radical (unpaired) electrons. The highest BCUT2D eigenvalue weighted by Crippen LogP contribution is 2.32. The van der Waals surface area contributed by atoms with Crippen LogP contribution in [0.1, 0.15) is 30.0 Å². The SMILES string of the molecule is CCS(=O)(=O)c1ccc(Oc2cc3nc(-c4ccccn4)[nH]c3cc2Cn2ccnc2C(C)=O)cc1. The molecule has 182 valence electrons. The zero-order valence-electron chi connectivity index (χ0n) is 19.7. The molecule has 10 heteroatoms. The first kappa shape index (κ1) is 23.4. The van der Waals surface area contributed by atoms with Crippen LogP contribution < -0.4 is 4.74 Å². The van der Waals surface area contributed by atoms with E-state index in [4.69, 9.17) is 4.74 Å². The molecule has 5 rings (SSSR count). The smallest absolute Gasteiger partial charge is 0.195 e. The van der Waals surface area contributed by atoms with Crippen molar-refractivity contribution in [1.29, 1.82) is 0 Å². The van der Waals surface area contributed by atoms with Crippen molar-refractivity contribution in [3.8, 4) is 23.0 Å². The predicted octanol–water partition coefficient (Wildman–Crippen LogP) is 4.66. The van der Waals surface area contributed by atoms with Crippen molar-refractivity contribution in [2.24, 2.45) is 0 Å². The van der Waals surface area contributed by atoms with Crippen molar-refractivity contribution in [1.82, 2.24) is 24.5 Å². The van der Waals surface area contributed by atoms with E-state index in [1.165, 1.54) is 19.1 Å². The molecule has 5 aromatic rings. The van der Waals surface area contributed by atoms with Crippen LogP contribution >= 0.6 is 0 Å². The van der Waals surface area contributed by atoms with E-state index in [2.05, 4.69) is 19.9 Å². The Morgan fingerprint density at radius 1 is 1.06 bits per heavy atom. The summed E-state index contributed by atoms with van der Waals surface area (Å²) in [5.74, 6) is 1.84. The van der Waals surface area contributed by atoms with Gasteiger partial charge in [0.25, 0.3) is 0 Å². The molecular weight excluding hydrogens is 478 g/mol. The number of fused-ring (bicyclic) bond motifs is 1.